The van der Waals surface area contributed by atoms with Crippen molar-refractivity contribution in [1.29, 1.82) is 0 Å². The van der Waals surface area contributed by atoms with Crippen LogP contribution in [0.2, 0.25) is 0 Å². The minimum absolute atomic E-state index is 0.514. The standard InChI is InChI=1S/C10H18N4/c1-4-7(2)14-8(3)12-13-10(14)9-5-11-6-9/h7,9,11H,4-6H2,1-3H3. The van der Waals surface area contributed by atoms with Gasteiger partial charge in [0.15, 0.2) is 0 Å². The fourth-order valence-corrected chi connectivity index (χ4v) is 1.86. The molecule has 1 aromatic rings. The van der Waals surface area contributed by atoms with E-state index in [-0.39, 0.29) is 0 Å². The molecule has 78 valence electrons. The number of aryl methyl sites for hydroxylation is 1. The van der Waals surface area contributed by atoms with Crippen LogP contribution in [0.1, 0.15) is 43.9 Å². The van der Waals surface area contributed by atoms with E-state index in [1.807, 2.05) is 6.92 Å². The third-order valence-electron chi connectivity index (χ3n) is 3.07. The van der Waals surface area contributed by atoms with E-state index in [9.17, 15) is 0 Å². The lowest BCUT2D eigenvalue weighted by Crippen LogP contribution is -2.41. The predicted molar refractivity (Wildman–Crippen MR) is 55.4 cm³/mol. The average molecular weight is 194 g/mol. The third kappa shape index (κ3) is 1.43. The van der Waals surface area contributed by atoms with Gasteiger partial charge in [-0.15, -0.1) is 10.2 Å². The lowest BCUT2D eigenvalue weighted by molar-refractivity contribution is 0.392. The Morgan fingerprint density at radius 2 is 2.21 bits per heavy atom. The molecule has 0 bridgehead atoms. The van der Waals surface area contributed by atoms with Crippen LogP contribution >= 0.6 is 0 Å². The van der Waals surface area contributed by atoms with Crippen molar-refractivity contribution in [3.8, 4) is 0 Å². The summed E-state index contributed by atoms with van der Waals surface area (Å²) in [6.45, 7) is 8.57. The van der Waals surface area contributed by atoms with Gasteiger partial charge >= 0.3 is 0 Å². The molecule has 0 radical (unpaired) electrons. The highest BCUT2D eigenvalue weighted by Crippen LogP contribution is 2.23. The van der Waals surface area contributed by atoms with Crippen LogP contribution in [-0.2, 0) is 0 Å². The van der Waals surface area contributed by atoms with E-state index in [0.717, 1.165) is 31.2 Å². The van der Waals surface area contributed by atoms with Crippen molar-refractivity contribution < 1.29 is 0 Å². The van der Waals surface area contributed by atoms with E-state index in [1.165, 1.54) is 0 Å². The van der Waals surface area contributed by atoms with Crippen molar-refractivity contribution in [2.75, 3.05) is 13.1 Å². The number of nitrogens with one attached hydrogen (secondary N) is 1. The molecule has 0 spiro atoms. The first kappa shape index (κ1) is 9.65. The van der Waals surface area contributed by atoms with E-state index in [0.29, 0.717) is 12.0 Å². The van der Waals surface area contributed by atoms with Crippen molar-refractivity contribution in [2.45, 2.75) is 39.2 Å². The van der Waals surface area contributed by atoms with Gasteiger partial charge in [-0.25, -0.2) is 0 Å². The molecule has 1 fully saturated rings. The molecule has 0 amide bonds. The Balaban J connectivity index is 2.29. The van der Waals surface area contributed by atoms with Crippen LogP contribution in [0.4, 0.5) is 0 Å². The third-order valence-corrected chi connectivity index (χ3v) is 3.07. The average Bonchev–Trinajstić information content (AvgIpc) is 2.44. The summed E-state index contributed by atoms with van der Waals surface area (Å²) in [5, 5.41) is 11.7. The summed E-state index contributed by atoms with van der Waals surface area (Å²) in [7, 11) is 0. The lowest BCUT2D eigenvalue weighted by Gasteiger charge is -2.28. The molecular weight excluding hydrogens is 176 g/mol. The molecule has 14 heavy (non-hydrogen) atoms. The molecule has 1 aliphatic heterocycles. The fourth-order valence-electron chi connectivity index (χ4n) is 1.86. The highest BCUT2D eigenvalue weighted by atomic mass is 15.3. The molecule has 0 aliphatic carbocycles. The van der Waals surface area contributed by atoms with Gasteiger partial charge in [0.1, 0.15) is 11.6 Å². The Bertz CT molecular complexity index is 314. The van der Waals surface area contributed by atoms with Crippen LogP contribution in [-0.4, -0.2) is 27.9 Å². The Morgan fingerprint density at radius 3 is 2.71 bits per heavy atom. The van der Waals surface area contributed by atoms with Gasteiger partial charge in [-0.3, -0.25) is 0 Å². The van der Waals surface area contributed by atoms with Crippen LogP contribution in [0, 0.1) is 6.92 Å². The van der Waals surface area contributed by atoms with Crippen molar-refractivity contribution >= 4 is 0 Å². The van der Waals surface area contributed by atoms with E-state index >= 15 is 0 Å². The van der Waals surface area contributed by atoms with Crippen molar-refractivity contribution in [3.05, 3.63) is 11.6 Å². The van der Waals surface area contributed by atoms with Gasteiger partial charge in [0.2, 0.25) is 0 Å². The van der Waals surface area contributed by atoms with Gasteiger partial charge in [-0.2, -0.15) is 0 Å². The number of rotatable bonds is 3. The van der Waals surface area contributed by atoms with Gasteiger partial charge in [-0.05, 0) is 20.3 Å². The predicted octanol–water partition coefficient (Wildman–Crippen LogP) is 1.24. The van der Waals surface area contributed by atoms with Gasteiger partial charge in [0, 0.05) is 25.0 Å². The Kier molecular flexibility index (Phi) is 2.54. The van der Waals surface area contributed by atoms with Crippen molar-refractivity contribution in [3.63, 3.8) is 0 Å². The number of hydrogen-bond donors (Lipinski definition) is 1. The fraction of sp³-hybridized carbons (Fsp3) is 0.800. The molecule has 1 atom stereocenters. The Labute approximate surface area is 84.7 Å². The highest BCUT2D eigenvalue weighted by molar-refractivity contribution is 5.08. The van der Waals surface area contributed by atoms with Crippen molar-refractivity contribution in [1.82, 2.24) is 20.1 Å². The van der Waals surface area contributed by atoms with Crippen LogP contribution in [0.5, 0.6) is 0 Å². The number of nitrogens with zero attached hydrogens (tertiary/aromatic N) is 3. The highest BCUT2D eigenvalue weighted by Gasteiger charge is 2.26. The van der Waals surface area contributed by atoms with E-state index in [4.69, 9.17) is 0 Å². The minimum atomic E-state index is 0.514. The molecule has 0 aromatic carbocycles. The van der Waals surface area contributed by atoms with Gasteiger partial charge in [0.25, 0.3) is 0 Å². The second-order valence-electron chi connectivity index (χ2n) is 4.09. The molecule has 1 N–H and O–H groups in total. The topological polar surface area (TPSA) is 42.7 Å². The van der Waals surface area contributed by atoms with Crippen LogP contribution in [0.3, 0.4) is 0 Å². The summed E-state index contributed by atoms with van der Waals surface area (Å²) >= 11 is 0. The Morgan fingerprint density at radius 1 is 1.50 bits per heavy atom. The van der Waals surface area contributed by atoms with Gasteiger partial charge in [-0.1, -0.05) is 6.92 Å². The summed E-state index contributed by atoms with van der Waals surface area (Å²) in [5.41, 5.74) is 0. The van der Waals surface area contributed by atoms with E-state index in [1.54, 1.807) is 0 Å². The first-order valence-corrected chi connectivity index (χ1v) is 5.36. The lowest BCUT2D eigenvalue weighted by atomic mass is 10.0. The maximum Gasteiger partial charge on any atom is 0.138 e. The smallest absolute Gasteiger partial charge is 0.138 e. The zero-order valence-electron chi connectivity index (χ0n) is 9.12. The first-order chi connectivity index (χ1) is 6.74. The monoisotopic (exact) mass is 194 g/mol. The van der Waals surface area contributed by atoms with Crippen molar-refractivity contribution in [2.24, 2.45) is 0 Å². The normalized spacial score (nSPS) is 19.4. The molecule has 2 rings (SSSR count). The van der Waals surface area contributed by atoms with Gasteiger partial charge < -0.3 is 9.88 Å². The van der Waals surface area contributed by atoms with Crippen LogP contribution in [0.15, 0.2) is 0 Å². The van der Waals surface area contributed by atoms with Gasteiger partial charge in [0.05, 0.1) is 0 Å². The molecule has 4 heteroatoms. The molecule has 1 saturated heterocycles. The Hall–Kier alpha value is -0.900. The quantitative estimate of drug-likeness (QED) is 0.787. The second-order valence-corrected chi connectivity index (χ2v) is 4.09. The van der Waals surface area contributed by atoms with Crippen LogP contribution in [0.25, 0.3) is 0 Å². The van der Waals surface area contributed by atoms with E-state index in [2.05, 4.69) is 33.9 Å². The first-order valence-electron chi connectivity index (χ1n) is 5.36. The largest absolute Gasteiger partial charge is 0.315 e. The summed E-state index contributed by atoms with van der Waals surface area (Å²) in [5.74, 6) is 2.78. The maximum absolute atomic E-state index is 4.28. The summed E-state index contributed by atoms with van der Waals surface area (Å²) < 4.78 is 2.28. The summed E-state index contributed by atoms with van der Waals surface area (Å²) in [6.07, 6.45) is 1.13. The molecule has 0 saturated carbocycles. The molecule has 1 aromatic heterocycles. The molecular formula is C10H18N4. The SMILES string of the molecule is CCC(C)n1c(C)nnc1C1CNC1. The molecule has 1 unspecified atom stereocenters. The number of hydrogen-bond acceptors (Lipinski definition) is 3. The number of aromatic nitrogens is 3. The molecule has 1 aliphatic rings. The summed E-state index contributed by atoms with van der Waals surface area (Å²) in [6, 6.07) is 0.514. The second kappa shape index (κ2) is 3.69. The molecule has 4 nitrogen and oxygen atoms in total. The summed E-state index contributed by atoms with van der Waals surface area (Å²) in [4.78, 5) is 0. The molecule has 2 heterocycles. The zero-order valence-corrected chi connectivity index (χ0v) is 9.12. The zero-order chi connectivity index (χ0) is 10.1. The van der Waals surface area contributed by atoms with E-state index < -0.39 is 0 Å². The maximum atomic E-state index is 4.28. The van der Waals surface area contributed by atoms with Crippen LogP contribution < -0.4 is 5.32 Å². The minimum Gasteiger partial charge on any atom is -0.315 e.